The molecule has 0 saturated carbocycles. The number of sulfonamides is 1. The van der Waals surface area contributed by atoms with Gasteiger partial charge < -0.3 is 25.1 Å². The van der Waals surface area contributed by atoms with Crippen molar-refractivity contribution in [2.24, 2.45) is 5.73 Å². The predicted octanol–water partition coefficient (Wildman–Crippen LogP) is -1.88. The van der Waals surface area contributed by atoms with Crippen molar-refractivity contribution in [2.75, 3.05) is 13.2 Å². The van der Waals surface area contributed by atoms with Crippen molar-refractivity contribution >= 4 is 21.9 Å². The maximum absolute atomic E-state index is 12.3. The molecule has 0 fully saturated rings. The smallest absolute Gasteiger partial charge is 0.241 e. The first kappa shape index (κ1) is 17.0. The molecule has 0 radical (unpaired) electrons. The highest BCUT2D eigenvalue weighted by molar-refractivity contribution is 7.89. The number of carboxylic acids is 1. The van der Waals surface area contributed by atoms with Gasteiger partial charge in [-0.15, -0.1) is 0 Å². The number of primary amides is 1. The number of hydrogen-bond donors (Lipinski definition) is 2. The number of benzene rings is 1. The van der Waals surface area contributed by atoms with E-state index < -0.39 is 27.9 Å². The predicted molar refractivity (Wildman–Crippen MR) is 75.0 cm³/mol. The fourth-order valence-electron chi connectivity index (χ4n) is 1.96. The number of rotatable bonds is 7. The van der Waals surface area contributed by atoms with Crippen LogP contribution in [0, 0.1) is 0 Å². The minimum Gasteiger partial charge on any atom is -0.548 e. The van der Waals surface area contributed by atoms with Crippen molar-refractivity contribution in [1.29, 1.82) is 0 Å². The summed E-state index contributed by atoms with van der Waals surface area (Å²) in [6.07, 6.45) is -0.593. The van der Waals surface area contributed by atoms with E-state index in [0.717, 1.165) is 0 Å². The third-order valence-corrected chi connectivity index (χ3v) is 4.55. The Balaban J connectivity index is 2.19. The van der Waals surface area contributed by atoms with E-state index in [1.807, 2.05) is 4.72 Å². The third-order valence-electron chi connectivity index (χ3n) is 3.09. The summed E-state index contributed by atoms with van der Waals surface area (Å²) in [7, 11) is -4.14. The molecule has 10 heteroatoms. The van der Waals surface area contributed by atoms with Crippen LogP contribution < -0.4 is 25.0 Å². The summed E-state index contributed by atoms with van der Waals surface area (Å²) < 4.78 is 37.1. The summed E-state index contributed by atoms with van der Waals surface area (Å²) >= 11 is 0. The molecule has 0 aromatic heterocycles. The maximum atomic E-state index is 12.3. The summed E-state index contributed by atoms with van der Waals surface area (Å²) in [6, 6.07) is 2.34. The molecule has 1 heterocycles. The van der Waals surface area contributed by atoms with Crippen molar-refractivity contribution in [3.8, 4) is 11.5 Å². The normalized spacial score (nSPS) is 15.0. The Morgan fingerprint density at radius 1 is 1.26 bits per heavy atom. The molecule has 0 aliphatic carbocycles. The van der Waals surface area contributed by atoms with Gasteiger partial charge in [0, 0.05) is 12.5 Å². The Labute approximate surface area is 132 Å². The monoisotopic (exact) mass is 343 g/mol. The quantitative estimate of drug-likeness (QED) is 0.588. The van der Waals surface area contributed by atoms with Gasteiger partial charge in [-0.1, -0.05) is 0 Å². The van der Waals surface area contributed by atoms with Crippen LogP contribution in [0.1, 0.15) is 12.8 Å². The van der Waals surface area contributed by atoms with E-state index in [4.69, 9.17) is 15.2 Å². The number of nitrogens with two attached hydrogens (primary N) is 1. The minimum atomic E-state index is -4.14. The van der Waals surface area contributed by atoms with E-state index >= 15 is 0 Å². The lowest BCUT2D eigenvalue weighted by Gasteiger charge is -2.21. The van der Waals surface area contributed by atoms with Gasteiger partial charge in [0.05, 0.1) is 16.9 Å². The molecule has 3 N–H and O–H groups in total. The lowest BCUT2D eigenvalue weighted by atomic mass is 10.2. The summed E-state index contributed by atoms with van der Waals surface area (Å²) in [4.78, 5) is 21.6. The Morgan fingerprint density at radius 2 is 1.91 bits per heavy atom. The summed E-state index contributed by atoms with van der Waals surface area (Å²) in [5.74, 6) is -1.73. The lowest BCUT2D eigenvalue weighted by molar-refractivity contribution is -0.308. The Kier molecular flexibility index (Phi) is 5.06. The average molecular weight is 343 g/mol. The molecule has 1 aliphatic heterocycles. The van der Waals surface area contributed by atoms with Crippen LogP contribution in [0.5, 0.6) is 11.5 Å². The van der Waals surface area contributed by atoms with Gasteiger partial charge in [-0.05, 0) is 18.6 Å². The van der Waals surface area contributed by atoms with Crippen molar-refractivity contribution in [3.05, 3.63) is 18.2 Å². The van der Waals surface area contributed by atoms with Gasteiger partial charge in [0.2, 0.25) is 15.9 Å². The van der Waals surface area contributed by atoms with E-state index in [1.165, 1.54) is 18.2 Å². The first-order chi connectivity index (χ1) is 10.8. The molecule has 1 aliphatic rings. The molecule has 0 saturated heterocycles. The molecule has 1 amide bonds. The number of aliphatic carboxylic acids is 1. The minimum absolute atomic E-state index is 0.188. The number of carbonyl (C=O) groups excluding carboxylic acids is 2. The molecule has 1 atom stereocenters. The average Bonchev–Trinajstić information content (AvgIpc) is 2.50. The number of nitrogens with one attached hydrogen (secondary N) is 1. The fourth-order valence-corrected chi connectivity index (χ4v) is 3.19. The van der Waals surface area contributed by atoms with E-state index in [1.54, 1.807) is 0 Å². The van der Waals surface area contributed by atoms with Crippen LogP contribution in [0.4, 0.5) is 0 Å². The number of fused-ring (bicyclic) bond motifs is 1. The summed E-state index contributed by atoms with van der Waals surface area (Å²) in [6.45, 7) is 0.640. The molecule has 2 rings (SSSR count). The Bertz CT molecular complexity index is 717. The molecular weight excluding hydrogens is 328 g/mol. The third kappa shape index (κ3) is 4.33. The first-order valence-electron chi connectivity index (χ1n) is 6.71. The molecule has 1 aromatic rings. The molecule has 9 nitrogen and oxygen atoms in total. The second-order valence-electron chi connectivity index (χ2n) is 4.80. The van der Waals surface area contributed by atoms with Gasteiger partial charge in [-0.3, -0.25) is 4.79 Å². The van der Waals surface area contributed by atoms with Gasteiger partial charge in [-0.2, -0.15) is 0 Å². The fraction of sp³-hybridized carbons (Fsp3) is 0.385. The van der Waals surface area contributed by atoms with Gasteiger partial charge >= 0.3 is 0 Å². The van der Waals surface area contributed by atoms with Crippen molar-refractivity contribution in [1.82, 2.24) is 4.72 Å². The lowest BCUT2D eigenvalue weighted by Crippen LogP contribution is -2.48. The van der Waals surface area contributed by atoms with Crippen molar-refractivity contribution in [2.45, 2.75) is 23.8 Å². The van der Waals surface area contributed by atoms with Crippen LogP contribution in [0.25, 0.3) is 0 Å². The van der Waals surface area contributed by atoms with Crippen LogP contribution in [0.2, 0.25) is 0 Å². The highest BCUT2D eigenvalue weighted by Gasteiger charge is 2.23. The zero-order valence-corrected chi connectivity index (χ0v) is 12.8. The SMILES string of the molecule is NC(=O)CC[C@H](NS(=O)(=O)c1ccc2c(c1)OCCO2)C(=O)[O-]. The second-order valence-corrected chi connectivity index (χ2v) is 6.52. The van der Waals surface area contributed by atoms with Crippen molar-refractivity contribution < 1.29 is 32.6 Å². The number of amides is 1. The molecule has 1 aromatic carbocycles. The Morgan fingerprint density at radius 3 is 2.52 bits per heavy atom. The van der Waals surface area contributed by atoms with Gasteiger partial charge in [0.25, 0.3) is 0 Å². The summed E-state index contributed by atoms with van der Waals surface area (Å²) in [5.41, 5.74) is 4.93. The van der Waals surface area contributed by atoms with E-state index in [-0.39, 0.29) is 30.1 Å². The molecule has 126 valence electrons. The number of carboxylic acid groups (broad SMARTS) is 1. The second kappa shape index (κ2) is 6.84. The van der Waals surface area contributed by atoms with Gasteiger partial charge in [0.1, 0.15) is 13.2 Å². The van der Waals surface area contributed by atoms with E-state index in [0.29, 0.717) is 12.4 Å². The van der Waals surface area contributed by atoms with Gasteiger partial charge in [-0.25, -0.2) is 13.1 Å². The number of hydrogen-bond acceptors (Lipinski definition) is 7. The number of carbonyl (C=O) groups is 2. The van der Waals surface area contributed by atoms with E-state index in [9.17, 15) is 23.1 Å². The van der Waals surface area contributed by atoms with Crippen LogP contribution >= 0.6 is 0 Å². The summed E-state index contributed by atoms with van der Waals surface area (Å²) in [5, 5.41) is 11.0. The Hall–Kier alpha value is -2.33. The zero-order valence-electron chi connectivity index (χ0n) is 12.0. The van der Waals surface area contributed by atoms with Crippen LogP contribution in [-0.2, 0) is 19.6 Å². The van der Waals surface area contributed by atoms with Crippen LogP contribution in [-0.4, -0.2) is 39.5 Å². The zero-order chi connectivity index (χ0) is 17.0. The standard InChI is InChI=1S/C13H16N2O7S/c14-12(16)4-2-9(13(17)18)15-23(19,20)8-1-3-10-11(7-8)22-6-5-21-10/h1,3,7,9,15H,2,4-6H2,(H2,14,16)(H,17,18)/p-1/t9-/m0/s1. The molecule has 0 bridgehead atoms. The molecule has 0 spiro atoms. The van der Waals surface area contributed by atoms with Gasteiger partial charge in [0.15, 0.2) is 11.5 Å². The van der Waals surface area contributed by atoms with E-state index in [2.05, 4.69) is 0 Å². The van der Waals surface area contributed by atoms with Crippen molar-refractivity contribution in [3.63, 3.8) is 0 Å². The topological polar surface area (TPSA) is 148 Å². The van der Waals surface area contributed by atoms with Crippen LogP contribution in [0.15, 0.2) is 23.1 Å². The van der Waals surface area contributed by atoms with Crippen LogP contribution in [0.3, 0.4) is 0 Å². The molecular formula is C13H15N2O7S-. The highest BCUT2D eigenvalue weighted by Crippen LogP contribution is 2.32. The largest absolute Gasteiger partial charge is 0.548 e. The number of ether oxygens (including phenoxy) is 2. The molecule has 0 unspecified atom stereocenters. The maximum Gasteiger partial charge on any atom is 0.241 e. The first-order valence-corrected chi connectivity index (χ1v) is 8.19. The highest BCUT2D eigenvalue weighted by atomic mass is 32.2. The molecule has 23 heavy (non-hydrogen) atoms.